The van der Waals surface area contributed by atoms with Crippen LogP contribution in [0.15, 0.2) is 41.2 Å². The molecule has 3 aromatic rings. The van der Waals surface area contributed by atoms with E-state index in [0.29, 0.717) is 29.4 Å². The van der Waals surface area contributed by atoms with Gasteiger partial charge in [0.2, 0.25) is 0 Å². The highest BCUT2D eigenvalue weighted by Gasteiger charge is 2.18. The van der Waals surface area contributed by atoms with E-state index in [-0.39, 0.29) is 5.91 Å². The molecular formula is C15H15N5O2. The highest BCUT2D eigenvalue weighted by molar-refractivity contribution is 6.05. The van der Waals surface area contributed by atoms with E-state index in [4.69, 9.17) is 4.52 Å². The number of anilines is 1. The number of pyridine rings is 1. The average Bonchev–Trinajstić information content (AvgIpc) is 3.07. The van der Waals surface area contributed by atoms with Crippen molar-refractivity contribution in [2.24, 2.45) is 0 Å². The molecule has 7 nitrogen and oxygen atoms in total. The van der Waals surface area contributed by atoms with Crippen molar-refractivity contribution in [3.8, 4) is 0 Å². The summed E-state index contributed by atoms with van der Waals surface area (Å²) in [6.45, 7) is 3.92. The number of hydrogen-bond donors (Lipinski definition) is 1. The van der Waals surface area contributed by atoms with E-state index in [1.54, 1.807) is 37.0 Å². The first-order chi connectivity index (χ1) is 10.6. The molecule has 112 valence electrons. The Morgan fingerprint density at radius 3 is 2.82 bits per heavy atom. The summed E-state index contributed by atoms with van der Waals surface area (Å²) in [6.07, 6.45) is 3.35. The van der Waals surface area contributed by atoms with Gasteiger partial charge in [0, 0.05) is 12.3 Å². The topological polar surface area (TPSA) is 85.8 Å². The molecule has 1 N–H and O–H groups in total. The molecule has 0 aliphatic rings. The molecule has 0 aliphatic heterocycles. The molecule has 0 saturated carbocycles. The van der Waals surface area contributed by atoms with Gasteiger partial charge in [-0.15, -0.1) is 0 Å². The first-order valence-corrected chi connectivity index (χ1v) is 6.81. The number of aryl methyl sites for hydroxylation is 2. The third-order valence-corrected chi connectivity index (χ3v) is 3.26. The summed E-state index contributed by atoms with van der Waals surface area (Å²) in [7, 11) is 0. The average molecular weight is 297 g/mol. The third-order valence-electron chi connectivity index (χ3n) is 3.26. The van der Waals surface area contributed by atoms with Crippen LogP contribution in [0.25, 0.3) is 0 Å². The van der Waals surface area contributed by atoms with Crippen molar-refractivity contribution < 1.29 is 9.32 Å². The van der Waals surface area contributed by atoms with Crippen molar-refractivity contribution in [3.05, 3.63) is 59.4 Å². The third kappa shape index (κ3) is 2.73. The molecular weight excluding hydrogens is 282 g/mol. The molecule has 0 saturated heterocycles. The van der Waals surface area contributed by atoms with Crippen molar-refractivity contribution in [2.75, 3.05) is 5.32 Å². The smallest absolute Gasteiger partial charge is 0.262 e. The predicted octanol–water partition coefficient (Wildman–Crippen LogP) is 2.18. The largest absolute Gasteiger partial charge is 0.361 e. The zero-order valence-electron chi connectivity index (χ0n) is 12.3. The number of nitrogens with zero attached hydrogens (tertiary/aromatic N) is 4. The van der Waals surface area contributed by atoms with Crippen molar-refractivity contribution in [1.82, 2.24) is 19.9 Å². The van der Waals surface area contributed by atoms with Gasteiger partial charge >= 0.3 is 0 Å². The molecule has 3 heterocycles. The number of rotatable bonds is 4. The molecule has 0 aliphatic carbocycles. The lowest BCUT2D eigenvalue weighted by molar-refractivity contribution is 0.102. The number of hydrogen-bond acceptors (Lipinski definition) is 5. The standard InChI is InChI=1S/C15H15N5O2/c1-10-14(11(2)22-19-10)15(21)18-13-6-8-17-20(13)9-12-5-3-4-7-16-12/h3-8H,9H2,1-2H3,(H,18,21). The van der Waals surface area contributed by atoms with E-state index < -0.39 is 0 Å². The lowest BCUT2D eigenvalue weighted by Gasteiger charge is -2.08. The van der Waals surface area contributed by atoms with Crippen LogP contribution in [-0.2, 0) is 6.54 Å². The van der Waals surface area contributed by atoms with Crippen molar-refractivity contribution in [2.45, 2.75) is 20.4 Å². The molecule has 0 aromatic carbocycles. The fourth-order valence-corrected chi connectivity index (χ4v) is 2.20. The van der Waals surface area contributed by atoms with Crippen LogP contribution in [0.3, 0.4) is 0 Å². The summed E-state index contributed by atoms with van der Waals surface area (Å²) in [5.74, 6) is 0.820. The Balaban J connectivity index is 1.79. The highest BCUT2D eigenvalue weighted by Crippen LogP contribution is 2.16. The van der Waals surface area contributed by atoms with Gasteiger partial charge in [-0.1, -0.05) is 11.2 Å². The normalized spacial score (nSPS) is 10.6. The lowest BCUT2D eigenvalue weighted by Crippen LogP contribution is -2.17. The molecule has 0 unspecified atom stereocenters. The number of aromatic nitrogens is 4. The fourth-order valence-electron chi connectivity index (χ4n) is 2.20. The highest BCUT2D eigenvalue weighted by atomic mass is 16.5. The van der Waals surface area contributed by atoms with Gasteiger partial charge in [-0.3, -0.25) is 9.78 Å². The zero-order valence-corrected chi connectivity index (χ0v) is 12.3. The number of carbonyl (C=O) groups excluding carboxylic acids is 1. The molecule has 1 amide bonds. The van der Waals surface area contributed by atoms with E-state index in [1.807, 2.05) is 18.2 Å². The Hall–Kier alpha value is -2.96. The first kappa shape index (κ1) is 14.0. The van der Waals surface area contributed by atoms with E-state index in [0.717, 1.165) is 5.69 Å². The molecule has 0 fully saturated rings. The Labute approximate surface area is 127 Å². The number of amides is 1. The minimum atomic E-state index is -0.265. The van der Waals surface area contributed by atoms with Crippen LogP contribution < -0.4 is 5.32 Å². The molecule has 22 heavy (non-hydrogen) atoms. The van der Waals surface area contributed by atoms with Gasteiger partial charge < -0.3 is 9.84 Å². The van der Waals surface area contributed by atoms with Gasteiger partial charge in [-0.05, 0) is 26.0 Å². The monoisotopic (exact) mass is 297 g/mol. The van der Waals surface area contributed by atoms with Gasteiger partial charge in [0.25, 0.3) is 5.91 Å². The van der Waals surface area contributed by atoms with Crippen LogP contribution in [0.1, 0.15) is 27.5 Å². The van der Waals surface area contributed by atoms with E-state index >= 15 is 0 Å². The van der Waals surface area contributed by atoms with Gasteiger partial charge in [0.15, 0.2) is 0 Å². The maximum Gasteiger partial charge on any atom is 0.262 e. The van der Waals surface area contributed by atoms with Crippen LogP contribution in [0.4, 0.5) is 5.82 Å². The van der Waals surface area contributed by atoms with E-state index in [2.05, 4.69) is 20.6 Å². The Bertz CT molecular complexity index is 772. The Kier molecular flexibility index (Phi) is 3.69. The summed E-state index contributed by atoms with van der Waals surface area (Å²) < 4.78 is 6.70. The molecule has 0 spiro atoms. The fraction of sp³-hybridized carbons (Fsp3) is 0.200. The van der Waals surface area contributed by atoms with Gasteiger partial charge in [0.05, 0.1) is 24.1 Å². The number of carbonyl (C=O) groups is 1. The maximum absolute atomic E-state index is 12.4. The SMILES string of the molecule is Cc1noc(C)c1C(=O)Nc1ccnn1Cc1ccccn1. The second kappa shape index (κ2) is 5.80. The Morgan fingerprint density at radius 2 is 2.14 bits per heavy atom. The minimum absolute atomic E-state index is 0.265. The van der Waals surface area contributed by atoms with Crippen LogP contribution in [-0.4, -0.2) is 25.8 Å². The lowest BCUT2D eigenvalue weighted by atomic mass is 10.2. The summed E-state index contributed by atoms with van der Waals surface area (Å²) in [5.41, 5.74) is 1.87. The van der Waals surface area contributed by atoms with Gasteiger partial charge in [0.1, 0.15) is 17.1 Å². The predicted molar refractivity (Wildman–Crippen MR) is 79.5 cm³/mol. The van der Waals surface area contributed by atoms with Crippen molar-refractivity contribution in [1.29, 1.82) is 0 Å². The van der Waals surface area contributed by atoms with E-state index in [1.165, 1.54) is 0 Å². The summed E-state index contributed by atoms with van der Waals surface area (Å²) >= 11 is 0. The molecule has 3 rings (SSSR count). The Morgan fingerprint density at radius 1 is 1.27 bits per heavy atom. The van der Waals surface area contributed by atoms with Crippen LogP contribution >= 0.6 is 0 Å². The zero-order chi connectivity index (χ0) is 15.5. The minimum Gasteiger partial charge on any atom is -0.361 e. The molecule has 7 heteroatoms. The van der Waals surface area contributed by atoms with Gasteiger partial charge in [-0.2, -0.15) is 5.10 Å². The summed E-state index contributed by atoms with van der Waals surface area (Å²) in [6, 6.07) is 7.40. The van der Waals surface area contributed by atoms with Crippen molar-refractivity contribution in [3.63, 3.8) is 0 Å². The second-order valence-corrected chi connectivity index (χ2v) is 4.85. The molecule has 0 bridgehead atoms. The number of nitrogens with one attached hydrogen (secondary N) is 1. The maximum atomic E-state index is 12.4. The quantitative estimate of drug-likeness (QED) is 0.797. The van der Waals surface area contributed by atoms with Crippen molar-refractivity contribution >= 4 is 11.7 Å². The summed E-state index contributed by atoms with van der Waals surface area (Å²) in [5, 5.41) is 10.8. The van der Waals surface area contributed by atoms with Crippen LogP contribution in [0.2, 0.25) is 0 Å². The molecule has 3 aromatic heterocycles. The van der Waals surface area contributed by atoms with Gasteiger partial charge in [-0.25, -0.2) is 4.68 Å². The van der Waals surface area contributed by atoms with Crippen LogP contribution in [0, 0.1) is 13.8 Å². The first-order valence-electron chi connectivity index (χ1n) is 6.81. The molecule has 0 atom stereocenters. The van der Waals surface area contributed by atoms with E-state index in [9.17, 15) is 4.79 Å². The second-order valence-electron chi connectivity index (χ2n) is 4.85. The van der Waals surface area contributed by atoms with Crippen LogP contribution in [0.5, 0.6) is 0 Å². The molecule has 0 radical (unpaired) electrons. The summed E-state index contributed by atoms with van der Waals surface area (Å²) in [4.78, 5) is 16.6.